The van der Waals surface area contributed by atoms with Gasteiger partial charge < -0.3 is 0 Å². The Morgan fingerprint density at radius 3 is 2.89 bits per heavy atom. The Morgan fingerprint density at radius 2 is 2.44 bits per heavy atom. The van der Waals surface area contributed by atoms with Gasteiger partial charge >= 0.3 is 4.99 Å². The van der Waals surface area contributed by atoms with Gasteiger partial charge in [-0.1, -0.05) is 5.57 Å². The fourth-order valence-corrected chi connectivity index (χ4v) is 0.948. The van der Waals surface area contributed by atoms with Gasteiger partial charge in [-0.15, -0.1) is 0 Å². The molecule has 0 amide bonds. The predicted octanol–water partition coefficient (Wildman–Crippen LogP) is 1.14. The number of rotatable bonds is 0. The smallest absolute Gasteiger partial charge is 0.284 e. The van der Waals surface area contributed by atoms with E-state index >= 15 is 0 Å². The maximum absolute atomic E-state index is 8.89. The lowest BCUT2D eigenvalue weighted by atomic mass is 10.2. The number of thiocarbonyl (C=S) groups is 1. The molecule has 1 heterocycles. The molecule has 0 saturated heterocycles. The van der Waals surface area contributed by atoms with Gasteiger partial charge in [0.1, 0.15) is 0 Å². The normalized spacial score (nSPS) is 19.0. The number of allylic oxidation sites excluding steroid dienone is 1. The fraction of sp³-hybridized carbons (Fsp3) is 0.333. The Hall–Kier alpha value is -0.700. The highest BCUT2D eigenvalue weighted by Gasteiger charge is 2.14. The Morgan fingerprint density at radius 1 is 1.78 bits per heavy atom. The van der Waals surface area contributed by atoms with Crippen LogP contribution in [0.3, 0.4) is 0 Å². The number of hydroxylamine groups is 1. The lowest BCUT2D eigenvalue weighted by Gasteiger charge is -1.98. The molecule has 1 rings (SSSR count). The molecule has 0 bridgehead atoms. The van der Waals surface area contributed by atoms with Crippen LogP contribution in [-0.2, 0) is 0 Å². The first-order valence-electron chi connectivity index (χ1n) is 2.72. The zero-order chi connectivity index (χ0) is 6.85. The number of hydrogen-bond acceptors (Lipinski definition) is 2. The van der Waals surface area contributed by atoms with Crippen LogP contribution in [0.1, 0.15) is 13.3 Å². The van der Waals surface area contributed by atoms with Crippen molar-refractivity contribution >= 4 is 23.4 Å². The van der Waals surface area contributed by atoms with Crippen LogP contribution in [0.15, 0.2) is 11.6 Å². The fourth-order valence-electron chi connectivity index (χ4n) is 0.659. The molecule has 1 aliphatic rings. The maximum Gasteiger partial charge on any atom is 0.302 e. The van der Waals surface area contributed by atoms with E-state index in [4.69, 9.17) is 17.4 Å². The van der Waals surface area contributed by atoms with E-state index in [1.165, 1.54) is 5.57 Å². The van der Waals surface area contributed by atoms with Crippen molar-refractivity contribution in [1.29, 1.82) is 0 Å². The van der Waals surface area contributed by atoms with Gasteiger partial charge in [0.2, 0.25) is 6.21 Å². The summed E-state index contributed by atoms with van der Waals surface area (Å²) in [6, 6.07) is 0. The van der Waals surface area contributed by atoms with Crippen molar-refractivity contribution < 1.29 is 9.95 Å². The molecule has 3 heteroatoms. The van der Waals surface area contributed by atoms with Crippen LogP contribution in [0.4, 0.5) is 0 Å². The van der Waals surface area contributed by atoms with Crippen molar-refractivity contribution in [3.63, 3.8) is 0 Å². The molecule has 2 nitrogen and oxygen atoms in total. The molecule has 1 aliphatic heterocycles. The van der Waals surface area contributed by atoms with Crippen LogP contribution >= 0.6 is 12.2 Å². The molecule has 0 fully saturated rings. The Kier molecular flexibility index (Phi) is 1.62. The van der Waals surface area contributed by atoms with Gasteiger partial charge in [0.05, 0.1) is 6.42 Å². The van der Waals surface area contributed by atoms with Crippen molar-refractivity contribution in [2.75, 3.05) is 0 Å². The molecular formula is C6H8NOS+. The summed E-state index contributed by atoms with van der Waals surface area (Å²) in [5.74, 6) is 0. The zero-order valence-electron chi connectivity index (χ0n) is 5.16. The van der Waals surface area contributed by atoms with Gasteiger partial charge in [-0.2, -0.15) is 0 Å². The van der Waals surface area contributed by atoms with E-state index in [1.54, 1.807) is 6.21 Å². The van der Waals surface area contributed by atoms with Crippen LogP contribution in [0.2, 0.25) is 0 Å². The van der Waals surface area contributed by atoms with Gasteiger partial charge in [0, 0.05) is 10.8 Å². The predicted molar refractivity (Wildman–Crippen MR) is 39.1 cm³/mol. The first kappa shape index (κ1) is 6.42. The summed E-state index contributed by atoms with van der Waals surface area (Å²) in [7, 11) is 0. The molecule has 0 aromatic rings. The number of hydrogen-bond donors (Lipinski definition) is 1. The highest BCUT2D eigenvalue weighted by molar-refractivity contribution is 7.80. The maximum atomic E-state index is 8.89. The topological polar surface area (TPSA) is 23.2 Å². The third kappa shape index (κ3) is 1.36. The van der Waals surface area contributed by atoms with E-state index in [2.05, 4.69) is 0 Å². The molecule has 1 N–H and O–H groups in total. The molecular weight excluding hydrogens is 134 g/mol. The molecule has 0 aliphatic carbocycles. The Labute approximate surface area is 59.1 Å². The van der Waals surface area contributed by atoms with Gasteiger partial charge in [0.25, 0.3) is 0 Å². The van der Waals surface area contributed by atoms with Crippen molar-refractivity contribution in [3.05, 3.63) is 11.6 Å². The lowest BCUT2D eigenvalue weighted by Crippen LogP contribution is -2.18. The van der Waals surface area contributed by atoms with E-state index in [0.717, 1.165) is 4.74 Å². The summed E-state index contributed by atoms with van der Waals surface area (Å²) in [5.41, 5.74) is 1.19. The van der Waals surface area contributed by atoms with Gasteiger partial charge in [-0.25, -0.2) is 0 Å². The zero-order valence-corrected chi connectivity index (χ0v) is 5.98. The lowest BCUT2D eigenvalue weighted by molar-refractivity contribution is -0.684. The molecule has 0 spiro atoms. The van der Waals surface area contributed by atoms with Crippen LogP contribution < -0.4 is 0 Å². The number of nitrogens with zero attached hydrogens (tertiary/aromatic N) is 1. The van der Waals surface area contributed by atoms with E-state index < -0.39 is 0 Å². The molecule has 0 saturated carbocycles. The molecule has 0 aromatic carbocycles. The molecule has 48 valence electrons. The van der Waals surface area contributed by atoms with E-state index in [0.29, 0.717) is 11.4 Å². The quantitative estimate of drug-likeness (QED) is 0.311. The summed E-state index contributed by atoms with van der Waals surface area (Å²) < 4.78 is 0.975. The largest absolute Gasteiger partial charge is 0.302 e. The molecule has 0 radical (unpaired) electrons. The summed E-state index contributed by atoms with van der Waals surface area (Å²) in [6.45, 7) is 1.98. The molecule has 0 aromatic heterocycles. The average molecular weight is 142 g/mol. The van der Waals surface area contributed by atoms with Crippen molar-refractivity contribution in [2.24, 2.45) is 0 Å². The van der Waals surface area contributed by atoms with Crippen molar-refractivity contribution in [3.8, 4) is 0 Å². The highest BCUT2D eigenvalue weighted by Crippen LogP contribution is 2.04. The van der Waals surface area contributed by atoms with Crippen LogP contribution in [0, 0.1) is 0 Å². The third-order valence-electron chi connectivity index (χ3n) is 1.19. The third-order valence-corrected chi connectivity index (χ3v) is 1.52. The second-order valence-corrected chi connectivity index (χ2v) is 2.55. The van der Waals surface area contributed by atoms with Gasteiger partial charge in [-0.3, -0.25) is 5.21 Å². The van der Waals surface area contributed by atoms with Crippen molar-refractivity contribution in [1.82, 2.24) is 0 Å². The van der Waals surface area contributed by atoms with Crippen LogP contribution in [0.5, 0.6) is 0 Å². The second-order valence-electron chi connectivity index (χ2n) is 2.08. The highest BCUT2D eigenvalue weighted by atomic mass is 32.1. The van der Waals surface area contributed by atoms with Crippen LogP contribution in [0.25, 0.3) is 0 Å². The summed E-state index contributed by atoms with van der Waals surface area (Å²) >= 11 is 4.81. The Bertz CT molecular complexity index is 205. The van der Waals surface area contributed by atoms with Crippen LogP contribution in [-0.4, -0.2) is 21.1 Å². The minimum atomic E-state index is 0.565. The van der Waals surface area contributed by atoms with E-state index in [9.17, 15) is 0 Å². The first-order chi connectivity index (χ1) is 4.20. The standard InChI is InChI=1S/C6H8NOS/c1-5-2-3-7(8)6(9)4-5/h2-3,8H,4H2,1H3/q+1. The second kappa shape index (κ2) is 2.27. The molecule has 0 unspecified atom stereocenters. The molecule has 9 heavy (non-hydrogen) atoms. The van der Waals surface area contributed by atoms with Gasteiger partial charge in [-0.05, 0) is 19.1 Å². The van der Waals surface area contributed by atoms with Crippen molar-refractivity contribution in [2.45, 2.75) is 13.3 Å². The van der Waals surface area contributed by atoms with E-state index in [1.807, 2.05) is 13.0 Å². The SMILES string of the molecule is CC1=CC=[N+](O)C(=S)C1. The summed E-state index contributed by atoms with van der Waals surface area (Å²) in [6.07, 6.45) is 4.10. The summed E-state index contributed by atoms with van der Waals surface area (Å²) in [5, 5.41) is 8.89. The first-order valence-corrected chi connectivity index (χ1v) is 3.12. The Balaban J connectivity index is 2.86. The minimum Gasteiger partial charge on any atom is -0.284 e. The summed E-state index contributed by atoms with van der Waals surface area (Å²) in [4.78, 5) is 0.565. The monoisotopic (exact) mass is 142 g/mol. The average Bonchev–Trinajstić information content (AvgIpc) is 1.80. The van der Waals surface area contributed by atoms with E-state index in [-0.39, 0.29) is 0 Å². The van der Waals surface area contributed by atoms with Gasteiger partial charge in [0.15, 0.2) is 0 Å². The minimum absolute atomic E-state index is 0.565. The molecule has 0 atom stereocenters.